The van der Waals surface area contributed by atoms with Gasteiger partial charge in [0, 0.05) is 29.1 Å². The first-order valence-corrected chi connectivity index (χ1v) is 6.71. The Hall–Kier alpha value is -0.480. The van der Waals surface area contributed by atoms with Crippen molar-refractivity contribution in [3.63, 3.8) is 0 Å². The molecule has 0 aliphatic heterocycles. The summed E-state index contributed by atoms with van der Waals surface area (Å²) >= 11 is 11.8. The molecule has 0 aromatic heterocycles. The second kappa shape index (κ2) is 9.43. The summed E-state index contributed by atoms with van der Waals surface area (Å²) in [6, 6.07) is 5.42. The Morgan fingerprint density at radius 3 is 2.68 bits per heavy atom. The van der Waals surface area contributed by atoms with Gasteiger partial charge in [-0.15, -0.1) is 12.4 Å². The van der Waals surface area contributed by atoms with Crippen LogP contribution in [0, 0.1) is 0 Å². The summed E-state index contributed by atoms with van der Waals surface area (Å²) in [4.78, 5) is 11.6. The fraction of sp³-hybridized carbons (Fsp3) is 0.462. The van der Waals surface area contributed by atoms with Crippen molar-refractivity contribution in [1.29, 1.82) is 0 Å². The fourth-order valence-electron chi connectivity index (χ4n) is 1.50. The number of carbonyl (C=O) groups is 1. The zero-order valence-electron chi connectivity index (χ0n) is 10.8. The van der Waals surface area contributed by atoms with Crippen LogP contribution in [0.25, 0.3) is 0 Å². The molecule has 1 unspecified atom stereocenters. The maximum Gasteiger partial charge on any atom is 0.220 e. The van der Waals surface area contributed by atoms with E-state index in [0.717, 1.165) is 12.0 Å². The molecular formula is C13H19Cl3N2O. The van der Waals surface area contributed by atoms with Crippen molar-refractivity contribution in [2.45, 2.75) is 32.2 Å². The summed E-state index contributed by atoms with van der Waals surface area (Å²) < 4.78 is 0. The largest absolute Gasteiger partial charge is 0.356 e. The van der Waals surface area contributed by atoms with Gasteiger partial charge in [0.1, 0.15) is 0 Å². The minimum absolute atomic E-state index is 0. The van der Waals surface area contributed by atoms with E-state index < -0.39 is 0 Å². The number of nitrogens with one attached hydrogen (secondary N) is 1. The van der Waals surface area contributed by atoms with Gasteiger partial charge in [0.15, 0.2) is 0 Å². The average molecular weight is 326 g/mol. The van der Waals surface area contributed by atoms with Crippen molar-refractivity contribution in [3.8, 4) is 0 Å². The van der Waals surface area contributed by atoms with Crippen molar-refractivity contribution in [1.82, 2.24) is 5.32 Å². The van der Waals surface area contributed by atoms with Crippen LogP contribution >= 0.6 is 35.6 Å². The Balaban J connectivity index is 0.00000324. The minimum Gasteiger partial charge on any atom is -0.356 e. The average Bonchev–Trinajstić information content (AvgIpc) is 2.27. The van der Waals surface area contributed by atoms with Crippen LogP contribution in [-0.2, 0) is 11.2 Å². The number of hydrogen-bond donors (Lipinski definition) is 2. The maximum atomic E-state index is 11.6. The van der Waals surface area contributed by atoms with Crippen molar-refractivity contribution in [2.75, 3.05) is 6.54 Å². The normalized spacial score (nSPS) is 11.6. The molecule has 1 rings (SSSR count). The monoisotopic (exact) mass is 324 g/mol. The summed E-state index contributed by atoms with van der Waals surface area (Å²) in [6.45, 7) is 2.53. The second-order valence-corrected chi connectivity index (χ2v) is 5.20. The number of amides is 1. The molecule has 0 spiro atoms. The molecule has 0 aliphatic rings. The third-order valence-electron chi connectivity index (χ3n) is 2.56. The van der Waals surface area contributed by atoms with Crippen LogP contribution in [0.1, 0.15) is 25.3 Å². The van der Waals surface area contributed by atoms with Gasteiger partial charge in [-0.1, -0.05) is 29.3 Å². The van der Waals surface area contributed by atoms with Crippen LogP contribution in [0.5, 0.6) is 0 Å². The standard InChI is InChI=1S/C13H18Cl2N2O.ClH/c1-9(16)6-7-17-13(18)5-3-10-2-4-11(14)8-12(10)15;/h2,4,8-9H,3,5-7,16H2,1H3,(H,17,18);1H. The van der Waals surface area contributed by atoms with Crippen molar-refractivity contribution >= 4 is 41.5 Å². The highest BCUT2D eigenvalue weighted by atomic mass is 35.5. The summed E-state index contributed by atoms with van der Waals surface area (Å²) in [6.07, 6.45) is 1.81. The Labute approximate surface area is 130 Å². The van der Waals surface area contributed by atoms with E-state index in [1.165, 1.54) is 0 Å². The van der Waals surface area contributed by atoms with Gasteiger partial charge in [0.2, 0.25) is 5.91 Å². The van der Waals surface area contributed by atoms with E-state index in [0.29, 0.717) is 29.4 Å². The Bertz CT molecular complexity index is 411. The summed E-state index contributed by atoms with van der Waals surface area (Å²) in [5.41, 5.74) is 6.53. The lowest BCUT2D eigenvalue weighted by molar-refractivity contribution is -0.121. The van der Waals surface area contributed by atoms with Crippen LogP contribution < -0.4 is 11.1 Å². The molecule has 3 N–H and O–H groups in total. The number of nitrogens with two attached hydrogens (primary N) is 1. The summed E-state index contributed by atoms with van der Waals surface area (Å²) in [7, 11) is 0. The zero-order valence-corrected chi connectivity index (χ0v) is 13.1. The number of hydrogen-bond acceptors (Lipinski definition) is 2. The predicted molar refractivity (Wildman–Crippen MR) is 83.3 cm³/mol. The highest BCUT2D eigenvalue weighted by Crippen LogP contribution is 2.21. The SMILES string of the molecule is CC(N)CCNC(=O)CCc1ccc(Cl)cc1Cl.Cl. The Kier molecular flexibility index (Phi) is 9.19. The molecule has 0 heterocycles. The zero-order chi connectivity index (χ0) is 13.5. The number of carbonyl (C=O) groups excluding carboxylic acids is 1. The van der Waals surface area contributed by atoms with Crippen LogP contribution in [-0.4, -0.2) is 18.5 Å². The van der Waals surface area contributed by atoms with E-state index >= 15 is 0 Å². The lowest BCUT2D eigenvalue weighted by Gasteiger charge is -2.08. The first-order valence-electron chi connectivity index (χ1n) is 5.95. The van der Waals surface area contributed by atoms with E-state index in [4.69, 9.17) is 28.9 Å². The van der Waals surface area contributed by atoms with Gasteiger partial charge in [-0.3, -0.25) is 4.79 Å². The molecule has 108 valence electrons. The minimum atomic E-state index is 0. The van der Waals surface area contributed by atoms with E-state index in [2.05, 4.69) is 5.32 Å². The van der Waals surface area contributed by atoms with Crippen LogP contribution in [0.4, 0.5) is 0 Å². The van der Waals surface area contributed by atoms with E-state index in [1.807, 2.05) is 13.0 Å². The Morgan fingerprint density at radius 1 is 1.42 bits per heavy atom. The number of halogens is 3. The molecule has 1 aromatic rings. The van der Waals surface area contributed by atoms with Gasteiger partial charge >= 0.3 is 0 Å². The second-order valence-electron chi connectivity index (χ2n) is 4.35. The smallest absolute Gasteiger partial charge is 0.220 e. The van der Waals surface area contributed by atoms with Crippen molar-refractivity contribution < 1.29 is 4.79 Å². The molecule has 3 nitrogen and oxygen atoms in total. The van der Waals surface area contributed by atoms with Crippen LogP contribution in [0.15, 0.2) is 18.2 Å². The van der Waals surface area contributed by atoms with Crippen LogP contribution in [0.3, 0.4) is 0 Å². The molecule has 0 bridgehead atoms. The van der Waals surface area contributed by atoms with E-state index in [-0.39, 0.29) is 24.4 Å². The number of benzene rings is 1. The third kappa shape index (κ3) is 7.63. The van der Waals surface area contributed by atoms with Crippen molar-refractivity contribution in [3.05, 3.63) is 33.8 Å². The van der Waals surface area contributed by atoms with E-state index in [1.54, 1.807) is 12.1 Å². The first kappa shape index (κ1) is 18.5. The first-order chi connectivity index (χ1) is 8.49. The van der Waals surface area contributed by atoms with Gasteiger partial charge in [0.05, 0.1) is 0 Å². The lowest BCUT2D eigenvalue weighted by atomic mass is 10.1. The predicted octanol–water partition coefficient (Wildman–Crippen LogP) is 3.20. The molecule has 6 heteroatoms. The molecule has 19 heavy (non-hydrogen) atoms. The summed E-state index contributed by atoms with van der Waals surface area (Å²) in [5, 5.41) is 4.03. The van der Waals surface area contributed by atoms with Crippen LogP contribution in [0.2, 0.25) is 10.0 Å². The highest BCUT2D eigenvalue weighted by Gasteiger charge is 2.05. The highest BCUT2D eigenvalue weighted by molar-refractivity contribution is 6.35. The third-order valence-corrected chi connectivity index (χ3v) is 3.15. The quantitative estimate of drug-likeness (QED) is 0.844. The van der Waals surface area contributed by atoms with Gasteiger partial charge in [-0.25, -0.2) is 0 Å². The lowest BCUT2D eigenvalue weighted by Crippen LogP contribution is -2.29. The van der Waals surface area contributed by atoms with Crippen molar-refractivity contribution in [2.24, 2.45) is 5.73 Å². The molecule has 0 radical (unpaired) electrons. The molecule has 0 saturated heterocycles. The fourth-order valence-corrected chi connectivity index (χ4v) is 2.00. The molecule has 0 saturated carbocycles. The maximum absolute atomic E-state index is 11.6. The number of rotatable bonds is 6. The molecular weight excluding hydrogens is 307 g/mol. The molecule has 1 aromatic carbocycles. The molecule has 1 atom stereocenters. The molecule has 1 amide bonds. The van der Waals surface area contributed by atoms with E-state index in [9.17, 15) is 4.79 Å². The molecule has 0 aliphatic carbocycles. The topological polar surface area (TPSA) is 55.1 Å². The Morgan fingerprint density at radius 2 is 2.11 bits per heavy atom. The van der Waals surface area contributed by atoms with Gasteiger partial charge in [-0.05, 0) is 37.5 Å². The molecule has 0 fully saturated rings. The number of aryl methyl sites for hydroxylation is 1. The van der Waals surface area contributed by atoms with Gasteiger partial charge in [0.25, 0.3) is 0 Å². The summed E-state index contributed by atoms with van der Waals surface area (Å²) in [5.74, 6) is 0.0154. The van der Waals surface area contributed by atoms with Gasteiger partial charge in [-0.2, -0.15) is 0 Å². The van der Waals surface area contributed by atoms with Gasteiger partial charge < -0.3 is 11.1 Å².